The number of rotatable bonds is 10. The molecule has 9 nitrogen and oxygen atoms in total. The number of nitrogens with zero attached hydrogens (tertiary/aromatic N) is 3. The average molecular weight is 512 g/mol. The quantitative estimate of drug-likeness (QED) is 0.246. The topological polar surface area (TPSA) is 114 Å². The van der Waals surface area contributed by atoms with Crippen LogP contribution in [0.5, 0.6) is 5.75 Å². The van der Waals surface area contributed by atoms with Gasteiger partial charge in [0.05, 0.1) is 32.7 Å². The molecule has 0 aliphatic heterocycles. The van der Waals surface area contributed by atoms with Crippen molar-refractivity contribution in [2.75, 3.05) is 26.1 Å². The zero-order valence-electron chi connectivity index (χ0n) is 21.2. The number of benzene rings is 3. The average Bonchev–Trinajstić information content (AvgIpc) is 3.35. The van der Waals surface area contributed by atoms with Crippen molar-refractivity contribution < 1.29 is 14.6 Å². The molecular formula is C29H29N5O4. The number of aromatic amines is 1. The maximum atomic E-state index is 12.8. The first kappa shape index (κ1) is 25.2. The first-order valence-electron chi connectivity index (χ1n) is 12.2. The SMILES string of the molecule is COC[C@@H](O)Cn1cnc2c(NC(c3ccccc3)(c3ccccc3)c3ccc(OC)cc3)[nH]c(=O)nc21. The van der Waals surface area contributed by atoms with Crippen molar-refractivity contribution in [2.24, 2.45) is 0 Å². The number of aliphatic hydroxyl groups is 1. The number of imidazole rings is 1. The highest BCUT2D eigenvalue weighted by atomic mass is 16.5. The third kappa shape index (κ3) is 4.77. The largest absolute Gasteiger partial charge is 0.497 e. The summed E-state index contributed by atoms with van der Waals surface area (Å²) in [5.74, 6) is 1.14. The molecule has 0 aliphatic rings. The normalized spacial score (nSPS) is 12.4. The predicted molar refractivity (Wildman–Crippen MR) is 145 cm³/mol. The van der Waals surface area contributed by atoms with Crippen LogP contribution in [-0.4, -0.2) is 51.6 Å². The molecule has 0 amide bonds. The van der Waals surface area contributed by atoms with E-state index in [9.17, 15) is 9.90 Å². The monoisotopic (exact) mass is 511 g/mol. The molecule has 0 saturated heterocycles. The van der Waals surface area contributed by atoms with Gasteiger partial charge in [-0.1, -0.05) is 72.8 Å². The van der Waals surface area contributed by atoms with Crippen LogP contribution in [0.2, 0.25) is 0 Å². The Labute approximate surface area is 219 Å². The summed E-state index contributed by atoms with van der Waals surface area (Å²) >= 11 is 0. The van der Waals surface area contributed by atoms with Gasteiger partial charge in [0.15, 0.2) is 5.65 Å². The van der Waals surface area contributed by atoms with Gasteiger partial charge in [-0.05, 0) is 28.8 Å². The highest BCUT2D eigenvalue weighted by Crippen LogP contribution is 2.41. The van der Waals surface area contributed by atoms with Gasteiger partial charge in [0.2, 0.25) is 0 Å². The van der Waals surface area contributed by atoms with E-state index in [0.29, 0.717) is 17.0 Å². The summed E-state index contributed by atoms with van der Waals surface area (Å²) in [5.41, 5.74) is 2.22. The molecule has 2 aromatic heterocycles. The minimum absolute atomic E-state index is 0.149. The summed E-state index contributed by atoms with van der Waals surface area (Å²) in [4.78, 5) is 24.4. The van der Waals surface area contributed by atoms with Crippen LogP contribution in [0.4, 0.5) is 5.82 Å². The molecule has 5 rings (SSSR count). The molecule has 0 unspecified atom stereocenters. The van der Waals surface area contributed by atoms with Crippen molar-refractivity contribution in [3.05, 3.63) is 118 Å². The Kier molecular flexibility index (Phi) is 7.21. The van der Waals surface area contributed by atoms with Gasteiger partial charge >= 0.3 is 5.69 Å². The molecular weight excluding hydrogens is 482 g/mol. The molecule has 0 radical (unpaired) electrons. The number of fused-ring (bicyclic) bond motifs is 1. The van der Waals surface area contributed by atoms with E-state index in [2.05, 4.69) is 20.3 Å². The van der Waals surface area contributed by atoms with Crippen LogP contribution in [0, 0.1) is 0 Å². The molecule has 0 aliphatic carbocycles. The molecule has 5 aromatic rings. The second kappa shape index (κ2) is 10.9. The zero-order valence-corrected chi connectivity index (χ0v) is 21.2. The van der Waals surface area contributed by atoms with Crippen LogP contribution >= 0.6 is 0 Å². The Bertz CT molecular complexity index is 1510. The van der Waals surface area contributed by atoms with Crippen LogP contribution in [0.3, 0.4) is 0 Å². The Morgan fingerprint density at radius 1 is 0.947 bits per heavy atom. The van der Waals surface area contributed by atoms with Gasteiger partial charge < -0.3 is 24.5 Å². The van der Waals surface area contributed by atoms with Gasteiger partial charge in [-0.15, -0.1) is 0 Å². The summed E-state index contributed by atoms with van der Waals surface area (Å²) in [6.07, 6.45) is 0.789. The minimum atomic E-state index is -0.911. The van der Waals surface area contributed by atoms with Crippen LogP contribution in [0.1, 0.15) is 16.7 Å². The number of hydrogen-bond donors (Lipinski definition) is 3. The van der Waals surface area contributed by atoms with E-state index in [1.165, 1.54) is 7.11 Å². The number of aliphatic hydroxyl groups excluding tert-OH is 1. The van der Waals surface area contributed by atoms with Gasteiger partial charge in [-0.3, -0.25) is 4.98 Å². The molecule has 0 bridgehead atoms. The van der Waals surface area contributed by atoms with Gasteiger partial charge in [-0.25, -0.2) is 9.78 Å². The summed E-state index contributed by atoms with van der Waals surface area (Å²) in [7, 11) is 3.15. The molecule has 2 heterocycles. The standard InChI is InChI=1S/C29H29N5O4/c1-37-18-23(35)17-34-19-30-25-26(31-28(36)32-27(25)34)33-29(20-9-5-3-6-10-20,21-11-7-4-8-12-21)22-13-15-24(38-2)16-14-22/h3-16,19,23,35H,17-18H2,1-2H3,(H2,31,32,33,36)/t23-/m0/s1. The summed E-state index contributed by atoms with van der Waals surface area (Å²) in [6.45, 7) is 0.331. The fraction of sp³-hybridized carbons (Fsp3) is 0.207. The fourth-order valence-electron chi connectivity index (χ4n) is 4.78. The van der Waals surface area contributed by atoms with E-state index in [1.807, 2.05) is 84.9 Å². The van der Waals surface area contributed by atoms with E-state index < -0.39 is 17.3 Å². The molecule has 0 spiro atoms. The highest BCUT2D eigenvalue weighted by Gasteiger charge is 2.37. The van der Waals surface area contributed by atoms with E-state index in [-0.39, 0.29) is 13.2 Å². The van der Waals surface area contributed by atoms with Gasteiger partial charge in [0, 0.05) is 7.11 Å². The molecule has 194 valence electrons. The van der Waals surface area contributed by atoms with Gasteiger partial charge in [-0.2, -0.15) is 4.98 Å². The van der Waals surface area contributed by atoms with Crippen molar-refractivity contribution in [1.82, 2.24) is 19.5 Å². The molecule has 0 saturated carbocycles. The molecule has 3 N–H and O–H groups in total. The van der Waals surface area contributed by atoms with Crippen molar-refractivity contribution in [1.29, 1.82) is 0 Å². The summed E-state index contributed by atoms with van der Waals surface area (Å²) in [6, 6.07) is 27.8. The molecule has 1 atom stereocenters. The van der Waals surface area contributed by atoms with Crippen LogP contribution in [-0.2, 0) is 16.8 Å². The van der Waals surface area contributed by atoms with E-state index in [0.717, 1.165) is 22.4 Å². The fourth-order valence-corrected chi connectivity index (χ4v) is 4.78. The maximum absolute atomic E-state index is 12.8. The number of anilines is 1. The van der Waals surface area contributed by atoms with Gasteiger partial charge in [0.25, 0.3) is 0 Å². The zero-order chi connectivity index (χ0) is 26.5. The molecule has 3 aromatic carbocycles. The third-order valence-electron chi connectivity index (χ3n) is 6.50. The van der Waals surface area contributed by atoms with Crippen LogP contribution in [0.15, 0.2) is 96.1 Å². The first-order valence-corrected chi connectivity index (χ1v) is 12.2. The Morgan fingerprint density at radius 2 is 1.55 bits per heavy atom. The number of hydrogen-bond acceptors (Lipinski definition) is 7. The van der Waals surface area contributed by atoms with Crippen LogP contribution < -0.4 is 15.7 Å². The molecule has 38 heavy (non-hydrogen) atoms. The number of aromatic nitrogens is 4. The minimum Gasteiger partial charge on any atom is -0.497 e. The van der Waals surface area contributed by atoms with E-state index in [4.69, 9.17) is 9.47 Å². The lowest BCUT2D eigenvalue weighted by Crippen LogP contribution is -2.39. The lowest BCUT2D eigenvalue weighted by atomic mass is 9.77. The Balaban J connectivity index is 1.73. The third-order valence-corrected chi connectivity index (χ3v) is 6.50. The number of methoxy groups -OCH3 is 2. The van der Waals surface area contributed by atoms with Crippen molar-refractivity contribution in [3.8, 4) is 5.75 Å². The van der Waals surface area contributed by atoms with Crippen molar-refractivity contribution in [3.63, 3.8) is 0 Å². The van der Waals surface area contributed by atoms with Crippen molar-refractivity contribution >= 4 is 17.0 Å². The van der Waals surface area contributed by atoms with Crippen LogP contribution in [0.25, 0.3) is 11.2 Å². The second-order valence-corrected chi connectivity index (χ2v) is 8.93. The van der Waals surface area contributed by atoms with Gasteiger partial charge in [0.1, 0.15) is 22.6 Å². The number of ether oxygens (including phenoxy) is 2. The maximum Gasteiger partial charge on any atom is 0.348 e. The lowest BCUT2D eigenvalue weighted by molar-refractivity contribution is 0.0543. The molecule has 0 fully saturated rings. The number of nitrogens with one attached hydrogen (secondary N) is 2. The number of H-pyrrole nitrogens is 1. The van der Waals surface area contributed by atoms with Crippen molar-refractivity contribution in [2.45, 2.75) is 18.2 Å². The summed E-state index contributed by atoms with van der Waals surface area (Å²) < 4.78 is 12.1. The Hall–Kier alpha value is -4.47. The summed E-state index contributed by atoms with van der Waals surface area (Å²) in [5, 5.41) is 13.9. The predicted octanol–water partition coefficient (Wildman–Crippen LogP) is 3.54. The second-order valence-electron chi connectivity index (χ2n) is 8.93. The van der Waals surface area contributed by atoms with E-state index in [1.54, 1.807) is 18.0 Å². The highest BCUT2D eigenvalue weighted by molar-refractivity contribution is 5.84. The Morgan fingerprint density at radius 3 is 2.13 bits per heavy atom. The molecule has 9 heteroatoms. The first-order chi connectivity index (χ1) is 18.5. The van der Waals surface area contributed by atoms with E-state index >= 15 is 0 Å². The lowest BCUT2D eigenvalue weighted by Gasteiger charge is -2.37. The smallest absolute Gasteiger partial charge is 0.348 e.